The number of benzene rings is 9. The van der Waals surface area contributed by atoms with Gasteiger partial charge in [0.05, 0.1) is 5.69 Å². The largest absolute Gasteiger partial charge is 0.311 e. The Bertz CT molecular complexity index is 2720. The number of rotatable bonds is 7. The van der Waals surface area contributed by atoms with Gasteiger partial charge in [0.2, 0.25) is 0 Å². The predicted molar refractivity (Wildman–Crippen MR) is 246 cm³/mol. The SMILES string of the molecule is c1ccc(-c2cccc(N(c3cccc(-c4ccccc4)c3)c3cc4c5c(c3)N(c3ccccc3)c3ccccc3B5c3ccccc3N4c3ccccc3)c2)cc1. The first kappa shape index (κ1) is 33.8. The molecule has 0 saturated carbocycles. The van der Waals surface area contributed by atoms with Crippen molar-refractivity contribution >= 4 is 74.3 Å². The van der Waals surface area contributed by atoms with Crippen molar-refractivity contribution in [3.63, 3.8) is 0 Å². The minimum atomic E-state index is 0.0441. The van der Waals surface area contributed by atoms with Crippen LogP contribution >= 0.6 is 0 Å². The Kier molecular flexibility index (Phi) is 8.26. The third-order valence-corrected chi connectivity index (χ3v) is 11.6. The minimum absolute atomic E-state index is 0.0441. The Hall–Kier alpha value is -7.56. The van der Waals surface area contributed by atoms with Crippen LogP contribution in [0.25, 0.3) is 22.3 Å². The Labute approximate surface area is 340 Å². The summed E-state index contributed by atoms with van der Waals surface area (Å²) in [6, 6.07) is 83.7. The van der Waals surface area contributed by atoms with Gasteiger partial charge >= 0.3 is 0 Å². The van der Waals surface area contributed by atoms with Gasteiger partial charge in [0.15, 0.2) is 0 Å². The number of anilines is 9. The fourth-order valence-electron chi connectivity index (χ4n) is 9.08. The summed E-state index contributed by atoms with van der Waals surface area (Å²) in [5, 5.41) is 0. The van der Waals surface area contributed by atoms with Crippen molar-refractivity contribution < 1.29 is 0 Å². The van der Waals surface area contributed by atoms with Crippen LogP contribution in [0.1, 0.15) is 0 Å². The maximum Gasteiger partial charge on any atom is 0.252 e. The summed E-state index contributed by atoms with van der Waals surface area (Å²) in [5.41, 5.74) is 18.8. The molecule has 0 bridgehead atoms. The van der Waals surface area contributed by atoms with Crippen LogP contribution in [0.5, 0.6) is 0 Å². The molecule has 272 valence electrons. The highest BCUT2D eigenvalue weighted by Crippen LogP contribution is 2.48. The topological polar surface area (TPSA) is 9.72 Å². The lowest BCUT2D eigenvalue weighted by molar-refractivity contribution is 1.23. The van der Waals surface area contributed by atoms with Gasteiger partial charge in [0, 0.05) is 45.5 Å². The standard InChI is InChI=1S/C54H38BN3/c1-5-19-39(20-6-1)41-23-17-29-45(35-41)56(46-30-18-24-42(36-46)40-21-7-2-8-22-40)47-37-52-54-53(38-47)58(44-27-11-4-12-28-44)51-34-16-14-32-49(51)55(54)48-31-13-15-33-50(48)57(52)43-25-9-3-10-26-43/h1-38H. The molecule has 11 rings (SSSR count). The van der Waals surface area contributed by atoms with Crippen molar-refractivity contribution in [3.8, 4) is 22.3 Å². The van der Waals surface area contributed by atoms with Gasteiger partial charge in [-0.25, -0.2) is 0 Å². The van der Waals surface area contributed by atoms with Gasteiger partial charge in [-0.1, -0.05) is 158 Å². The molecule has 9 aromatic carbocycles. The van der Waals surface area contributed by atoms with Gasteiger partial charge in [-0.3, -0.25) is 0 Å². The summed E-state index contributed by atoms with van der Waals surface area (Å²) >= 11 is 0. The van der Waals surface area contributed by atoms with Crippen molar-refractivity contribution in [1.29, 1.82) is 0 Å². The van der Waals surface area contributed by atoms with Crippen molar-refractivity contribution in [3.05, 3.63) is 231 Å². The quantitative estimate of drug-likeness (QED) is 0.151. The van der Waals surface area contributed by atoms with Crippen molar-refractivity contribution in [1.82, 2.24) is 0 Å². The molecule has 0 atom stereocenters. The van der Waals surface area contributed by atoms with Gasteiger partial charge in [0.1, 0.15) is 0 Å². The maximum atomic E-state index is 2.48. The Balaban J connectivity index is 1.23. The van der Waals surface area contributed by atoms with E-state index < -0.39 is 0 Å². The lowest BCUT2D eigenvalue weighted by Gasteiger charge is -2.45. The van der Waals surface area contributed by atoms with E-state index in [9.17, 15) is 0 Å². The van der Waals surface area contributed by atoms with Gasteiger partial charge in [-0.05, 0) is 111 Å². The molecule has 2 aliphatic heterocycles. The molecule has 0 fully saturated rings. The second-order valence-corrected chi connectivity index (χ2v) is 15.0. The summed E-state index contributed by atoms with van der Waals surface area (Å²) in [4.78, 5) is 7.40. The van der Waals surface area contributed by atoms with E-state index in [0.717, 1.165) is 28.4 Å². The highest BCUT2D eigenvalue weighted by atomic mass is 15.2. The monoisotopic (exact) mass is 739 g/mol. The van der Waals surface area contributed by atoms with Crippen molar-refractivity contribution in [2.24, 2.45) is 0 Å². The second-order valence-electron chi connectivity index (χ2n) is 15.0. The average Bonchev–Trinajstić information content (AvgIpc) is 3.30. The van der Waals surface area contributed by atoms with Crippen LogP contribution in [-0.4, -0.2) is 6.71 Å². The molecule has 2 aliphatic rings. The van der Waals surface area contributed by atoms with Crippen LogP contribution in [-0.2, 0) is 0 Å². The van der Waals surface area contributed by atoms with Crippen LogP contribution in [0.2, 0.25) is 0 Å². The van der Waals surface area contributed by atoms with E-state index in [2.05, 4.69) is 245 Å². The normalized spacial score (nSPS) is 12.4. The van der Waals surface area contributed by atoms with Crippen LogP contribution < -0.4 is 31.1 Å². The Morgan fingerprint density at radius 2 is 0.672 bits per heavy atom. The smallest absolute Gasteiger partial charge is 0.252 e. The molecule has 58 heavy (non-hydrogen) atoms. The summed E-state index contributed by atoms with van der Waals surface area (Å²) in [6.45, 7) is 0.0441. The van der Waals surface area contributed by atoms with E-state index >= 15 is 0 Å². The molecule has 0 amide bonds. The molecule has 2 heterocycles. The van der Waals surface area contributed by atoms with E-state index in [-0.39, 0.29) is 6.71 Å². The van der Waals surface area contributed by atoms with Crippen LogP contribution in [0.15, 0.2) is 231 Å². The minimum Gasteiger partial charge on any atom is -0.311 e. The molecule has 0 saturated heterocycles. The second kappa shape index (κ2) is 14.2. The Morgan fingerprint density at radius 3 is 1.12 bits per heavy atom. The lowest BCUT2D eigenvalue weighted by atomic mass is 9.33. The molecule has 0 aliphatic carbocycles. The van der Waals surface area contributed by atoms with Crippen LogP contribution in [0, 0.1) is 0 Å². The van der Waals surface area contributed by atoms with E-state index in [1.165, 1.54) is 61.4 Å². The van der Waals surface area contributed by atoms with Gasteiger partial charge in [0.25, 0.3) is 6.71 Å². The first-order valence-electron chi connectivity index (χ1n) is 20.0. The number of hydrogen-bond acceptors (Lipinski definition) is 3. The molecular formula is C54H38BN3. The van der Waals surface area contributed by atoms with Crippen LogP contribution in [0.3, 0.4) is 0 Å². The van der Waals surface area contributed by atoms with E-state index in [0.29, 0.717) is 0 Å². The third kappa shape index (κ3) is 5.69. The lowest BCUT2D eigenvalue weighted by Crippen LogP contribution is -2.61. The molecule has 0 aromatic heterocycles. The fourth-order valence-corrected chi connectivity index (χ4v) is 9.08. The van der Waals surface area contributed by atoms with E-state index in [1.807, 2.05) is 0 Å². The van der Waals surface area contributed by atoms with Crippen LogP contribution in [0.4, 0.5) is 51.2 Å². The molecule has 0 radical (unpaired) electrons. The van der Waals surface area contributed by atoms with E-state index in [4.69, 9.17) is 0 Å². The third-order valence-electron chi connectivity index (χ3n) is 11.6. The highest BCUT2D eigenvalue weighted by Gasteiger charge is 2.43. The summed E-state index contributed by atoms with van der Waals surface area (Å²) < 4.78 is 0. The zero-order valence-corrected chi connectivity index (χ0v) is 31.9. The molecule has 0 unspecified atom stereocenters. The average molecular weight is 740 g/mol. The number of nitrogens with zero attached hydrogens (tertiary/aromatic N) is 3. The van der Waals surface area contributed by atoms with Gasteiger partial charge in [-0.15, -0.1) is 0 Å². The summed E-state index contributed by atoms with van der Waals surface area (Å²) in [5.74, 6) is 0. The number of hydrogen-bond donors (Lipinski definition) is 0. The van der Waals surface area contributed by atoms with E-state index in [1.54, 1.807) is 0 Å². The zero-order chi connectivity index (χ0) is 38.4. The fraction of sp³-hybridized carbons (Fsp3) is 0. The number of para-hydroxylation sites is 4. The maximum absolute atomic E-state index is 2.48. The first-order chi connectivity index (χ1) is 28.8. The van der Waals surface area contributed by atoms with Crippen molar-refractivity contribution in [2.45, 2.75) is 0 Å². The Morgan fingerprint density at radius 1 is 0.293 bits per heavy atom. The molecule has 0 N–H and O–H groups in total. The van der Waals surface area contributed by atoms with Gasteiger partial charge in [-0.2, -0.15) is 0 Å². The van der Waals surface area contributed by atoms with Crippen molar-refractivity contribution in [2.75, 3.05) is 14.7 Å². The molecule has 9 aromatic rings. The molecule has 3 nitrogen and oxygen atoms in total. The zero-order valence-electron chi connectivity index (χ0n) is 31.9. The molecular weight excluding hydrogens is 701 g/mol. The summed E-state index contributed by atoms with van der Waals surface area (Å²) in [6.07, 6.45) is 0. The van der Waals surface area contributed by atoms with Gasteiger partial charge < -0.3 is 14.7 Å². The molecule has 4 heteroatoms. The first-order valence-corrected chi connectivity index (χ1v) is 20.0. The predicted octanol–water partition coefficient (Wildman–Crippen LogP) is 12.6. The highest BCUT2D eigenvalue weighted by molar-refractivity contribution is 7.00. The summed E-state index contributed by atoms with van der Waals surface area (Å²) in [7, 11) is 0. The number of fused-ring (bicyclic) bond motifs is 4. The molecule has 0 spiro atoms.